The van der Waals surface area contributed by atoms with E-state index in [0.717, 1.165) is 12.8 Å². The van der Waals surface area contributed by atoms with Crippen LogP contribution in [0.25, 0.3) is 0 Å². The zero-order valence-electron chi connectivity index (χ0n) is 14.6. The highest BCUT2D eigenvalue weighted by Gasteiger charge is 2.42. The Morgan fingerprint density at radius 2 is 1.76 bits per heavy atom. The van der Waals surface area contributed by atoms with Gasteiger partial charge in [-0.1, -0.05) is 40.5 Å². The van der Waals surface area contributed by atoms with Crippen LogP contribution in [0.4, 0.5) is 0 Å². The molecule has 3 nitrogen and oxygen atoms in total. The third-order valence-corrected chi connectivity index (χ3v) is 6.36. The van der Waals surface area contributed by atoms with Crippen molar-refractivity contribution >= 4 is 0 Å². The van der Waals surface area contributed by atoms with E-state index >= 15 is 0 Å². The summed E-state index contributed by atoms with van der Waals surface area (Å²) in [7, 11) is 0. The zero-order chi connectivity index (χ0) is 15.5. The maximum absolute atomic E-state index is 9.86. The van der Waals surface area contributed by atoms with Crippen LogP contribution in [-0.4, -0.2) is 47.3 Å². The van der Waals surface area contributed by atoms with Crippen molar-refractivity contribution in [1.29, 1.82) is 0 Å². The zero-order valence-corrected chi connectivity index (χ0v) is 14.6. The number of likely N-dealkylation sites (tertiary alicyclic amines) is 1. The van der Waals surface area contributed by atoms with Crippen LogP contribution in [-0.2, 0) is 0 Å². The molecule has 3 heteroatoms. The molecule has 1 aliphatic heterocycles. The van der Waals surface area contributed by atoms with Crippen LogP contribution in [0, 0.1) is 5.41 Å². The maximum Gasteiger partial charge on any atom is 0.0614 e. The van der Waals surface area contributed by atoms with E-state index in [4.69, 9.17) is 0 Å². The third-order valence-electron chi connectivity index (χ3n) is 6.36. The van der Waals surface area contributed by atoms with Crippen molar-refractivity contribution in [3.63, 3.8) is 0 Å². The van der Waals surface area contributed by atoms with Crippen molar-refractivity contribution in [2.45, 2.75) is 90.3 Å². The SMILES string of the molecule is CCC1(CC)CCN(C2CCC(CO)(NC(C)C)C2)CC1. The van der Waals surface area contributed by atoms with Gasteiger partial charge in [0.25, 0.3) is 0 Å². The van der Waals surface area contributed by atoms with Gasteiger partial charge < -0.3 is 15.3 Å². The second-order valence-corrected chi connectivity index (χ2v) is 7.88. The van der Waals surface area contributed by atoms with Crippen LogP contribution in [0.1, 0.15) is 72.6 Å². The highest BCUT2D eigenvalue weighted by Crippen LogP contribution is 2.41. The van der Waals surface area contributed by atoms with Crippen LogP contribution >= 0.6 is 0 Å². The molecule has 1 saturated heterocycles. The summed E-state index contributed by atoms with van der Waals surface area (Å²) in [6.45, 7) is 11.9. The first kappa shape index (κ1) is 17.2. The molecule has 2 N–H and O–H groups in total. The van der Waals surface area contributed by atoms with Gasteiger partial charge in [-0.2, -0.15) is 0 Å². The second-order valence-electron chi connectivity index (χ2n) is 7.88. The fraction of sp³-hybridized carbons (Fsp3) is 1.00. The number of aliphatic hydroxyl groups is 1. The lowest BCUT2D eigenvalue weighted by Crippen LogP contribution is -2.51. The van der Waals surface area contributed by atoms with E-state index in [-0.39, 0.29) is 12.1 Å². The first-order valence-electron chi connectivity index (χ1n) is 9.11. The van der Waals surface area contributed by atoms with Crippen molar-refractivity contribution in [2.24, 2.45) is 5.41 Å². The van der Waals surface area contributed by atoms with Crippen molar-refractivity contribution in [3.05, 3.63) is 0 Å². The van der Waals surface area contributed by atoms with Gasteiger partial charge in [0.1, 0.15) is 0 Å². The smallest absolute Gasteiger partial charge is 0.0614 e. The molecule has 1 aliphatic carbocycles. The molecule has 2 aliphatic rings. The van der Waals surface area contributed by atoms with E-state index in [0.29, 0.717) is 17.5 Å². The molecule has 124 valence electrons. The predicted octanol–water partition coefficient (Wildman–Crippen LogP) is 3.17. The predicted molar refractivity (Wildman–Crippen MR) is 89.5 cm³/mol. The fourth-order valence-electron chi connectivity index (χ4n) is 4.66. The molecule has 2 atom stereocenters. The van der Waals surface area contributed by atoms with E-state index in [9.17, 15) is 5.11 Å². The lowest BCUT2D eigenvalue weighted by atomic mass is 9.74. The van der Waals surface area contributed by atoms with Gasteiger partial charge in [-0.15, -0.1) is 0 Å². The van der Waals surface area contributed by atoms with E-state index < -0.39 is 0 Å². The van der Waals surface area contributed by atoms with Gasteiger partial charge >= 0.3 is 0 Å². The molecule has 21 heavy (non-hydrogen) atoms. The molecule has 0 aromatic rings. The third kappa shape index (κ3) is 3.80. The summed E-state index contributed by atoms with van der Waals surface area (Å²) in [4.78, 5) is 2.71. The van der Waals surface area contributed by atoms with Gasteiger partial charge in [-0.25, -0.2) is 0 Å². The average Bonchev–Trinajstić information content (AvgIpc) is 2.91. The van der Waals surface area contributed by atoms with Crippen molar-refractivity contribution in [1.82, 2.24) is 10.2 Å². The quantitative estimate of drug-likeness (QED) is 0.790. The van der Waals surface area contributed by atoms with Gasteiger partial charge in [0.05, 0.1) is 6.61 Å². The first-order valence-corrected chi connectivity index (χ1v) is 9.11. The van der Waals surface area contributed by atoms with Crippen LogP contribution in [0.15, 0.2) is 0 Å². The number of hydrogen-bond acceptors (Lipinski definition) is 3. The molecule has 0 spiro atoms. The molecule has 1 saturated carbocycles. The van der Waals surface area contributed by atoms with Gasteiger partial charge in [-0.05, 0) is 50.6 Å². The molecule has 0 aromatic heterocycles. The minimum absolute atomic E-state index is 0.0249. The van der Waals surface area contributed by atoms with Crippen molar-refractivity contribution in [2.75, 3.05) is 19.7 Å². The summed E-state index contributed by atoms with van der Waals surface area (Å²) < 4.78 is 0. The maximum atomic E-state index is 9.86. The molecule has 2 fully saturated rings. The van der Waals surface area contributed by atoms with Crippen LogP contribution < -0.4 is 5.32 Å². The van der Waals surface area contributed by atoms with Crippen molar-refractivity contribution < 1.29 is 5.11 Å². The number of rotatable bonds is 6. The molecular formula is C18H36N2O. The van der Waals surface area contributed by atoms with E-state index in [1.165, 1.54) is 45.2 Å². The summed E-state index contributed by atoms with van der Waals surface area (Å²) in [5, 5.41) is 13.5. The largest absolute Gasteiger partial charge is 0.394 e. The molecule has 0 radical (unpaired) electrons. The average molecular weight is 296 g/mol. The van der Waals surface area contributed by atoms with Gasteiger partial charge in [-0.3, -0.25) is 0 Å². The summed E-state index contributed by atoms with van der Waals surface area (Å²) in [6, 6.07) is 1.13. The van der Waals surface area contributed by atoms with Gasteiger partial charge in [0.15, 0.2) is 0 Å². The molecule has 0 bridgehead atoms. The Labute approximate surface area is 131 Å². The topological polar surface area (TPSA) is 35.5 Å². The standard InChI is InChI=1S/C18H36N2O/c1-5-17(6-2)9-11-20(12-10-17)16-7-8-18(13-16,14-21)19-15(3)4/h15-16,19,21H,5-14H2,1-4H3. The molecule has 2 rings (SSSR count). The number of aliphatic hydroxyl groups excluding tert-OH is 1. The lowest BCUT2D eigenvalue weighted by molar-refractivity contribution is 0.0613. The molecule has 0 aromatic carbocycles. The Hall–Kier alpha value is -0.120. The Kier molecular flexibility index (Phi) is 5.72. The van der Waals surface area contributed by atoms with Crippen LogP contribution in [0.5, 0.6) is 0 Å². The highest BCUT2D eigenvalue weighted by molar-refractivity contribution is 5.01. The summed E-state index contributed by atoms with van der Waals surface area (Å²) in [6.07, 6.45) is 8.86. The van der Waals surface area contributed by atoms with E-state index in [1.807, 2.05) is 0 Å². The van der Waals surface area contributed by atoms with Gasteiger partial charge in [0, 0.05) is 17.6 Å². The number of piperidine rings is 1. The minimum Gasteiger partial charge on any atom is -0.394 e. The normalized spacial score (nSPS) is 33.7. The van der Waals surface area contributed by atoms with Crippen LogP contribution in [0.3, 0.4) is 0 Å². The van der Waals surface area contributed by atoms with E-state index in [2.05, 4.69) is 37.9 Å². The van der Waals surface area contributed by atoms with E-state index in [1.54, 1.807) is 0 Å². The van der Waals surface area contributed by atoms with Crippen LogP contribution in [0.2, 0.25) is 0 Å². The van der Waals surface area contributed by atoms with Crippen molar-refractivity contribution in [3.8, 4) is 0 Å². The Morgan fingerprint density at radius 1 is 1.14 bits per heavy atom. The lowest BCUT2D eigenvalue weighted by Gasteiger charge is -2.43. The first-order chi connectivity index (χ1) is 9.98. The van der Waals surface area contributed by atoms with Gasteiger partial charge in [0.2, 0.25) is 0 Å². The Morgan fingerprint density at radius 3 is 2.24 bits per heavy atom. The molecular weight excluding hydrogens is 260 g/mol. The summed E-state index contributed by atoms with van der Waals surface area (Å²) >= 11 is 0. The monoisotopic (exact) mass is 296 g/mol. The number of nitrogens with zero attached hydrogens (tertiary/aromatic N) is 1. The molecule has 2 unspecified atom stereocenters. The fourth-order valence-corrected chi connectivity index (χ4v) is 4.66. The molecule has 1 heterocycles. The summed E-state index contributed by atoms with van der Waals surface area (Å²) in [5.41, 5.74) is 0.586. The molecule has 0 amide bonds. The number of nitrogens with one attached hydrogen (secondary N) is 1. The Balaban J connectivity index is 1.91. The Bertz CT molecular complexity index is 317. The minimum atomic E-state index is -0.0249. The number of hydrogen-bond donors (Lipinski definition) is 2. The summed E-state index contributed by atoms with van der Waals surface area (Å²) in [5.74, 6) is 0. The highest BCUT2D eigenvalue weighted by atomic mass is 16.3. The second kappa shape index (κ2) is 6.97.